The fourth-order valence-electron chi connectivity index (χ4n) is 5.91. The van der Waals surface area contributed by atoms with Crippen molar-refractivity contribution in [1.82, 2.24) is 30.0 Å². The largest absolute Gasteiger partial charge is 0.459 e. The average Bonchev–Trinajstić information content (AvgIpc) is 3.49. The van der Waals surface area contributed by atoms with E-state index in [9.17, 15) is 4.79 Å². The number of rotatable bonds is 7. The Labute approximate surface area is 255 Å². The van der Waals surface area contributed by atoms with E-state index in [0.29, 0.717) is 41.0 Å². The minimum atomic E-state index is -0.603. The molecule has 0 spiro atoms. The van der Waals surface area contributed by atoms with E-state index < -0.39 is 17.2 Å². The Morgan fingerprint density at radius 3 is 2.59 bits per heavy atom. The third-order valence-corrected chi connectivity index (χ3v) is 8.06. The number of aromatic nitrogens is 4. The van der Waals surface area contributed by atoms with Crippen molar-refractivity contribution in [2.24, 2.45) is 0 Å². The van der Waals surface area contributed by atoms with Gasteiger partial charge < -0.3 is 14.8 Å². The molecule has 44 heavy (non-hydrogen) atoms. The van der Waals surface area contributed by atoms with E-state index in [4.69, 9.17) is 14.5 Å². The van der Waals surface area contributed by atoms with Gasteiger partial charge in [0.05, 0.1) is 54.4 Å². The van der Waals surface area contributed by atoms with Gasteiger partial charge in [-0.2, -0.15) is 5.10 Å². The van der Waals surface area contributed by atoms with Gasteiger partial charge in [-0.05, 0) is 57.4 Å². The summed E-state index contributed by atoms with van der Waals surface area (Å²) < 4.78 is 43.5. The van der Waals surface area contributed by atoms with Crippen molar-refractivity contribution in [2.75, 3.05) is 39.3 Å². The molecule has 4 heterocycles. The van der Waals surface area contributed by atoms with Crippen LogP contribution in [-0.4, -0.2) is 81.7 Å². The number of halogens is 2. The molecule has 1 unspecified atom stereocenters. The number of hydrogen-bond acceptors (Lipinski definition) is 8. The molecule has 2 aromatic heterocycles. The molecule has 2 saturated heterocycles. The Bertz CT molecular complexity index is 1620. The molecule has 4 aromatic rings. The van der Waals surface area contributed by atoms with Crippen LogP contribution in [0.5, 0.6) is 0 Å². The van der Waals surface area contributed by atoms with Gasteiger partial charge in [-0.15, -0.1) is 0 Å². The molecule has 0 aliphatic carbocycles. The van der Waals surface area contributed by atoms with Crippen LogP contribution < -0.4 is 5.32 Å². The zero-order valence-corrected chi connectivity index (χ0v) is 25.4. The lowest BCUT2D eigenvalue weighted by atomic mass is 9.98. The molecule has 11 heteroatoms. The topological polar surface area (TPSA) is 94.4 Å². The number of carbonyl (C=O) groups is 1. The van der Waals surface area contributed by atoms with Crippen LogP contribution in [0.25, 0.3) is 33.4 Å². The van der Waals surface area contributed by atoms with Gasteiger partial charge in [-0.3, -0.25) is 19.4 Å². The number of morpholine rings is 1. The summed E-state index contributed by atoms with van der Waals surface area (Å²) in [5.74, 6) is -1.41. The van der Waals surface area contributed by atoms with E-state index >= 15 is 8.78 Å². The summed E-state index contributed by atoms with van der Waals surface area (Å²) in [4.78, 5) is 23.8. The highest BCUT2D eigenvalue weighted by Crippen LogP contribution is 2.32. The summed E-state index contributed by atoms with van der Waals surface area (Å²) in [5.41, 5.74) is 3.14. The Morgan fingerprint density at radius 2 is 1.89 bits per heavy atom. The van der Waals surface area contributed by atoms with E-state index in [1.807, 2.05) is 43.8 Å². The Balaban J connectivity index is 1.18. The number of ether oxygens (including phenoxy) is 2. The molecule has 9 nitrogen and oxygen atoms in total. The second-order valence-corrected chi connectivity index (χ2v) is 12.6. The van der Waals surface area contributed by atoms with Crippen molar-refractivity contribution in [3.63, 3.8) is 0 Å². The van der Waals surface area contributed by atoms with Crippen molar-refractivity contribution in [1.29, 1.82) is 0 Å². The van der Waals surface area contributed by atoms with Crippen molar-refractivity contribution >= 4 is 17.0 Å². The number of esters is 1. The molecule has 0 saturated carbocycles. The lowest BCUT2D eigenvalue weighted by molar-refractivity contribution is -0.156. The minimum absolute atomic E-state index is 0.0255. The van der Waals surface area contributed by atoms with Crippen LogP contribution in [0.2, 0.25) is 0 Å². The van der Waals surface area contributed by atoms with E-state index in [1.165, 1.54) is 12.1 Å². The maximum atomic E-state index is 15.2. The first-order valence-corrected chi connectivity index (χ1v) is 15.2. The summed E-state index contributed by atoms with van der Waals surface area (Å²) in [6, 6.07) is 8.37. The summed E-state index contributed by atoms with van der Waals surface area (Å²) >= 11 is 0. The molecule has 232 valence electrons. The number of piperidine rings is 1. The van der Waals surface area contributed by atoms with Crippen LogP contribution in [0.4, 0.5) is 8.78 Å². The molecule has 1 N–H and O–H groups in total. The second-order valence-electron chi connectivity index (χ2n) is 12.6. The zero-order valence-electron chi connectivity index (χ0n) is 25.4. The maximum Gasteiger partial charge on any atom is 0.320 e. The molecule has 0 bridgehead atoms. The number of fused-ring (bicyclic) bond motifs is 1. The van der Waals surface area contributed by atoms with Crippen LogP contribution in [0.3, 0.4) is 0 Å². The van der Waals surface area contributed by atoms with Crippen LogP contribution >= 0.6 is 0 Å². The van der Waals surface area contributed by atoms with Crippen molar-refractivity contribution < 1.29 is 23.0 Å². The number of carbonyl (C=O) groups excluding carboxylic acids is 1. The molecule has 6 rings (SSSR count). The normalized spacial score (nSPS) is 18.5. The van der Waals surface area contributed by atoms with Crippen molar-refractivity contribution in [2.45, 2.75) is 57.8 Å². The van der Waals surface area contributed by atoms with E-state index in [1.54, 1.807) is 18.5 Å². The Morgan fingerprint density at radius 1 is 1.11 bits per heavy atom. The number of hydrogen-bond donors (Lipinski definition) is 1. The fraction of sp³-hybridized carbons (Fsp3) is 0.455. The quantitative estimate of drug-likeness (QED) is 0.297. The van der Waals surface area contributed by atoms with Crippen LogP contribution in [0, 0.1) is 11.6 Å². The molecule has 0 radical (unpaired) electrons. The first kappa shape index (κ1) is 30.2. The van der Waals surface area contributed by atoms with Gasteiger partial charge in [0.15, 0.2) is 0 Å². The molecule has 2 aliphatic heterocycles. The highest BCUT2D eigenvalue weighted by atomic mass is 19.1. The van der Waals surface area contributed by atoms with E-state index in [2.05, 4.69) is 20.3 Å². The third kappa shape index (κ3) is 6.95. The predicted molar refractivity (Wildman–Crippen MR) is 163 cm³/mol. The third-order valence-electron chi connectivity index (χ3n) is 8.06. The molecule has 2 fully saturated rings. The molecule has 2 aromatic carbocycles. The van der Waals surface area contributed by atoms with Gasteiger partial charge in [-0.1, -0.05) is 12.1 Å². The standard InChI is InChI=1S/C33H38F2N6O3/c1-33(2,3)44-31(42)20-40-10-7-23(8-11-40)41-19-22(16-38-41)30-18-37-29-6-4-5-25(32(29)39-30)21-13-27(34)26(28(35)14-21)15-24-17-36-9-12-43-24/h4-6,13-14,16,18-19,23-24,36H,7-12,15,17,20H2,1-3H3. The summed E-state index contributed by atoms with van der Waals surface area (Å²) in [7, 11) is 0. The summed E-state index contributed by atoms with van der Waals surface area (Å²) in [5, 5.41) is 7.81. The predicted octanol–water partition coefficient (Wildman–Crippen LogP) is 4.95. The molecular formula is C33H38F2N6O3. The number of nitrogens with one attached hydrogen (secondary N) is 1. The SMILES string of the molecule is CC(C)(C)OC(=O)CN1CCC(n2cc(-c3cnc4cccc(-c5cc(F)c(CC6CNCCO6)c(F)c5)c4n3)cn2)CC1. The summed E-state index contributed by atoms with van der Waals surface area (Å²) in [6.07, 6.45) is 7.03. The molecule has 1 atom stereocenters. The van der Waals surface area contributed by atoms with Gasteiger partial charge >= 0.3 is 5.97 Å². The van der Waals surface area contributed by atoms with Crippen LogP contribution in [-0.2, 0) is 20.7 Å². The first-order chi connectivity index (χ1) is 21.1. The number of para-hydroxylation sites is 1. The van der Waals surface area contributed by atoms with Crippen molar-refractivity contribution in [3.8, 4) is 22.4 Å². The molecule has 0 amide bonds. The lowest BCUT2D eigenvalue weighted by Crippen LogP contribution is -2.40. The molecule has 2 aliphatic rings. The Kier molecular flexibility index (Phi) is 8.70. The Hall–Kier alpha value is -3.80. The van der Waals surface area contributed by atoms with Crippen LogP contribution in [0.1, 0.15) is 45.2 Å². The smallest absolute Gasteiger partial charge is 0.320 e. The zero-order chi connectivity index (χ0) is 30.8. The number of nitrogens with zero attached hydrogens (tertiary/aromatic N) is 5. The van der Waals surface area contributed by atoms with Gasteiger partial charge in [0.25, 0.3) is 0 Å². The lowest BCUT2D eigenvalue weighted by Gasteiger charge is -2.32. The number of benzene rings is 2. The average molecular weight is 605 g/mol. The summed E-state index contributed by atoms with van der Waals surface area (Å²) in [6.45, 7) is 9.27. The fourth-order valence-corrected chi connectivity index (χ4v) is 5.91. The highest BCUT2D eigenvalue weighted by molar-refractivity contribution is 5.92. The van der Waals surface area contributed by atoms with Crippen molar-refractivity contribution in [3.05, 3.63) is 66.1 Å². The van der Waals surface area contributed by atoms with Gasteiger partial charge in [-0.25, -0.2) is 13.8 Å². The monoisotopic (exact) mass is 604 g/mol. The first-order valence-electron chi connectivity index (χ1n) is 15.2. The van der Waals surface area contributed by atoms with E-state index in [-0.39, 0.29) is 36.6 Å². The van der Waals surface area contributed by atoms with Gasteiger partial charge in [0.2, 0.25) is 0 Å². The highest BCUT2D eigenvalue weighted by Gasteiger charge is 2.25. The number of likely N-dealkylation sites (tertiary alicyclic amines) is 1. The van der Waals surface area contributed by atoms with Gasteiger partial charge in [0, 0.05) is 55.5 Å². The van der Waals surface area contributed by atoms with Crippen LogP contribution in [0.15, 0.2) is 48.9 Å². The maximum absolute atomic E-state index is 15.2. The molecular weight excluding hydrogens is 566 g/mol. The van der Waals surface area contributed by atoms with Gasteiger partial charge in [0.1, 0.15) is 17.2 Å². The minimum Gasteiger partial charge on any atom is -0.459 e. The second kappa shape index (κ2) is 12.7. The van der Waals surface area contributed by atoms with E-state index in [0.717, 1.165) is 38.0 Å².